The van der Waals surface area contributed by atoms with E-state index in [0.717, 1.165) is 17.8 Å². The van der Waals surface area contributed by atoms with Crippen molar-refractivity contribution < 1.29 is 9.53 Å². The van der Waals surface area contributed by atoms with Crippen molar-refractivity contribution in [1.29, 1.82) is 0 Å². The second-order valence-corrected chi connectivity index (χ2v) is 3.25. The van der Waals surface area contributed by atoms with Gasteiger partial charge in [-0.05, 0) is 25.5 Å². The first kappa shape index (κ1) is 11.5. The van der Waals surface area contributed by atoms with Gasteiger partial charge in [0.15, 0.2) is 0 Å². The smallest absolute Gasteiger partial charge is 0.325 e. The van der Waals surface area contributed by atoms with Crippen molar-refractivity contribution in [3.05, 3.63) is 24.0 Å². The predicted molar refractivity (Wildman–Crippen MR) is 58.9 cm³/mol. The molecule has 0 saturated heterocycles. The number of aromatic nitrogens is 1. The third-order valence-corrected chi connectivity index (χ3v) is 2.26. The van der Waals surface area contributed by atoms with Crippen LogP contribution in [0.3, 0.4) is 0 Å². The first-order chi connectivity index (χ1) is 7.19. The van der Waals surface area contributed by atoms with Crippen molar-refractivity contribution in [1.82, 2.24) is 4.98 Å². The Bertz CT molecular complexity index is 339. The van der Waals surface area contributed by atoms with Crippen LogP contribution in [0.25, 0.3) is 0 Å². The first-order valence-electron chi connectivity index (χ1n) is 4.91. The summed E-state index contributed by atoms with van der Waals surface area (Å²) < 4.78 is 4.65. The van der Waals surface area contributed by atoms with Crippen LogP contribution in [0.2, 0.25) is 0 Å². The van der Waals surface area contributed by atoms with Gasteiger partial charge in [-0.25, -0.2) is 0 Å². The van der Waals surface area contributed by atoms with Crippen LogP contribution in [0.5, 0.6) is 0 Å². The standard InChI is InChI=1S/C11H16N2O2/c1-4-13(8-11(14)15-3)10-5-6-12-7-9(10)2/h5-7H,4,8H2,1-3H3. The molecular weight excluding hydrogens is 192 g/mol. The zero-order valence-electron chi connectivity index (χ0n) is 9.36. The molecule has 0 spiro atoms. The molecule has 1 aromatic rings. The summed E-state index contributed by atoms with van der Waals surface area (Å²) in [4.78, 5) is 17.2. The molecule has 4 heteroatoms. The lowest BCUT2D eigenvalue weighted by Gasteiger charge is -2.23. The van der Waals surface area contributed by atoms with Gasteiger partial charge in [0.2, 0.25) is 0 Å². The predicted octanol–water partition coefficient (Wildman–Crippen LogP) is 1.39. The molecule has 82 valence electrons. The summed E-state index contributed by atoms with van der Waals surface area (Å²) in [5.41, 5.74) is 2.08. The van der Waals surface area contributed by atoms with Gasteiger partial charge < -0.3 is 9.64 Å². The number of anilines is 1. The van der Waals surface area contributed by atoms with E-state index in [1.807, 2.05) is 24.8 Å². The highest BCUT2D eigenvalue weighted by Gasteiger charge is 2.11. The average molecular weight is 208 g/mol. The van der Waals surface area contributed by atoms with Crippen LogP contribution in [0.4, 0.5) is 5.69 Å². The molecule has 0 saturated carbocycles. The summed E-state index contributed by atoms with van der Waals surface area (Å²) in [6, 6.07) is 1.90. The Balaban J connectivity index is 2.83. The van der Waals surface area contributed by atoms with E-state index in [-0.39, 0.29) is 12.5 Å². The molecule has 1 rings (SSSR count). The van der Waals surface area contributed by atoms with Gasteiger partial charge >= 0.3 is 5.97 Å². The highest BCUT2D eigenvalue weighted by atomic mass is 16.5. The normalized spacial score (nSPS) is 9.80. The van der Waals surface area contributed by atoms with Gasteiger partial charge in [0.05, 0.1) is 7.11 Å². The molecule has 0 bridgehead atoms. The van der Waals surface area contributed by atoms with E-state index >= 15 is 0 Å². The van der Waals surface area contributed by atoms with Crippen molar-refractivity contribution in [3.8, 4) is 0 Å². The summed E-state index contributed by atoms with van der Waals surface area (Å²) in [6.45, 7) is 5.02. The number of methoxy groups -OCH3 is 1. The molecule has 15 heavy (non-hydrogen) atoms. The van der Waals surface area contributed by atoms with Gasteiger partial charge in [0.25, 0.3) is 0 Å². The molecule has 0 radical (unpaired) electrons. The van der Waals surface area contributed by atoms with Crippen LogP contribution < -0.4 is 4.90 Å². The molecule has 0 aliphatic rings. The molecule has 0 unspecified atom stereocenters. The molecule has 0 aliphatic heterocycles. The monoisotopic (exact) mass is 208 g/mol. The van der Waals surface area contributed by atoms with Gasteiger partial charge in [-0.2, -0.15) is 0 Å². The largest absolute Gasteiger partial charge is 0.468 e. The zero-order chi connectivity index (χ0) is 11.3. The third kappa shape index (κ3) is 2.94. The van der Waals surface area contributed by atoms with E-state index < -0.39 is 0 Å². The number of carbonyl (C=O) groups is 1. The van der Waals surface area contributed by atoms with Crippen molar-refractivity contribution >= 4 is 11.7 Å². The summed E-state index contributed by atoms with van der Waals surface area (Å²) in [7, 11) is 1.40. The van der Waals surface area contributed by atoms with Gasteiger partial charge in [0.1, 0.15) is 6.54 Å². The number of ether oxygens (including phenoxy) is 1. The quantitative estimate of drug-likeness (QED) is 0.701. The fourth-order valence-electron chi connectivity index (χ4n) is 1.41. The lowest BCUT2D eigenvalue weighted by Crippen LogP contribution is -2.30. The minimum Gasteiger partial charge on any atom is -0.468 e. The summed E-state index contributed by atoms with van der Waals surface area (Å²) in [5, 5.41) is 0. The third-order valence-electron chi connectivity index (χ3n) is 2.26. The molecule has 0 N–H and O–H groups in total. The summed E-state index contributed by atoms with van der Waals surface area (Å²) in [6.07, 6.45) is 3.51. The molecular formula is C11H16N2O2. The molecule has 0 aromatic carbocycles. The van der Waals surface area contributed by atoms with Crippen molar-refractivity contribution in [2.45, 2.75) is 13.8 Å². The van der Waals surface area contributed by atoms with E-state index in [9.17, 15) is 4.79 Å². The number of likely N-dealkylation sites (N-methyl/N-ethyl adjacent to an activating group) is 1. The fraction of sp³-hybridized carbons (Fsp3) is 0.455. The lowest BCUT2D eigenvalue weighted by atomic mass is 10.2. The number of hydrogen-bond donors (Lipinski definition) is 0. The molecule has 0 amide bonds. The Kier molecular flexibility index (Phi) is 4.09. The highest BCUT2D eigenvalue weighted by molar-refractivity contribution is 5.76. The lowest BCUT2D eigenvalue weighted by molar-refractivity contribution is -0.138. The summed E-state index contributed by atoms with van der Waals surface area (Å²) in [5.74, 6) is -0.229. The van der Waals surface area contributed by atoms with Crippen LogP contribution in [0.15, 0.2) is 18.5 Å². The second-order valence-electron chi connectivity index (χ2n) is 3.25. The van der Waals surface area contributed by atoms with Gasteiger partial charge in [-0.3, -0.25) is 9.78 Å². The number of aryl methyl sites for hydroxylation is 1. The Morgan fingerprint density at radius 3 is 2.87 bits per heavy atom. The summed E-state index contributed by atoms with van der Waals surface area (Å²) >= 11 is 0. The van der Waals surface area contributed by atoms with E-state index in [2.05, 4.69) is 9.72 Å². The van der Waals surface area contributed by atoms with Crippen LogP contribution >= 0.6 is 0 Å². The van der Waals surface area contributed by atoms with Crippen LogP contribution in [0, 0.1) is 6.92 Å². The van der Waals surface area contributed by atoms with Crippen molar-refractivity contribution in [2.24, 2.45) is 0 Å². The van der Waals surface area contributed by atoms with Gasteiger partial charge in [0, 0.05) is 24.6 Å². The number of rotatable bonds is 4. The van der Waals surface area contributed by atoms with Gasteiger partial charge in [-0.15, -0.1) is 0 Å². The maximum atomic E-state index is 11.2. The first-order valence-corrected chi connectivity index (χ1v) is 4.91. The molecule has 1 aromatic heterocycles. The van der Waals surface area contributed by atoms with Gasteiger partial charge in [-0.1, -0.05) is 0 Å². The highest BCUT2D eigenvalue weighted by Crippen LogP contribution is 2.17. The molecule has 4 nitrogen and oxygen atoms in total. The van der Waals surface area contributed by atoms with E-state index in [1.165, 1.54) is 7.11 Å². The van der Waals surface area contributed by atoms with E-state index in [0.29, 0.717) is 0 Å². The topological polar surface area (TPSA) is 42.4 Å². The Labute approximate surface area is 89.9 Å². The Morgan fingerprint density at radius 2 is 2.33 bits per heavy atom. The molecule has 0 atom stereocenters. The number of esters is 1. The van der Waals surface area contributed by atoms with E-state index in [4.69, 9.17) is 0 Å². The number of nitrogens with zero attached hydrogens (tertiary/aromatic N) is 2. The average Bonchev–Trinajstić information content (AvgIpc) is 2.26. The number of pyridine rings is 1. The number of hydrogen-bond acceptors (Lipinski definition) is 4. The SMILES string of the molecule is CCN(CC(=O)OC)c1ccncc1C. The Morgan fingerprint density at radius 1 is 1.60 bits per heavy atom. The Hall–Kier alpha value is -1.58. The minimum atomic E-state index is -0.229. The zero-order valence-corrected chi connectivity index (χ0v) is 9.36. The minimum absolute atomic E-state index is 0.229. The second kappa shape index (κ2) is 5.34. The maximum absolute atomic E-state index is 11.2. The molecule has 0 aliphatic carbocycles. The van der Waals surface area contributed by atoms with Crippen LogP contribution in [-0.4, -0.2) is 31.2 Å². The van der Waals surface area contributed by atoms with Crippen molar-refractivity contribution in [3.63, 3.8) is 0 Å². The number of carbonyl (C=O) groups excluding carboxylic acids is 1. The van der Waals surface area contributed by atoms with Crippen molar-refractivity contribution in [2.75, 3.05) is 25.1 Å². The molecule has 0 fully saturated rings. The fourth-order valence-corrected chi connectivity index (χ4v) is 1.41. The maximum Gasteiger partial charge on any atom is 0.325 e. The van der Waals surface area contributed by atoms with Crippen LogP contribution in [0.1, 0.15) is 12.5 Å². The van der Waals surface area contributed by atoms with E-state index in [1.54, 1.807) is 12.4 Å². The molecule has 1 heterocycles. The van der Waals surface area contributed by atoms with Crippen LogP contribution in [-0.2, 0) is 9.53 Å².